The van der Waals surface area contributed by atoms with Crippen LogP contribution in [-0.4, -0.2) is 49.2 Å². The minimum atomic E-state index is -0.641. The summed E-state index contributed by atoms with van der Waals surface area (Å²) in [5.74, 6) is 12.5. The molecule has 2 aliphatic heterocycles. The first-order valence-electron chi connectivity index (χ1n) is 36.2. The summed E-state index contributed by atoms with van der Waals surface area (Å²) in [5, 5.41) is 13.3. The molecule has 6 fully saturated rings. The number of rotatable bonds is 24. The van der Waals surface area contributed by atoms with Crippen molar-refractivity contribution in [1.82, 2.24) is 0 Å². The number of fused-ring (bicyclic) bond motifs is 10. The molecule has 6 saturated carbocycles. The molecule has 93 heavy (non-hydrogen) atoms. The first-order chi connectivity index (χ1) is 44.8. The van der Waals surface area contributed by atoms with E-state index in [0.29, 0.717) is 46.9 Å². The number of nitrogens with zero attached hydrogens (tertiary/aromatic N) is 2. The highest BCUT2D eigenvalue weighted by Crippen LogP contribution is 2.70. The van der Waals surface area contributed by atoms with Gasteiger partial charge in [0.15, 0.2) is 0 Å². The summed E-state index contributed by atoms with van der Waals surface area (Å²) in [7, 11) is 0. The van der Waals surface area contributed by atoms with Crippen molar-refractivity contribution in [2.75, 3.05) is 24.7 Å². The third kappa shape index (κ3) is 15.9. The molecule has 2 aromatic rings. The molecule has 10 aliphatic rings. The van der Waals surface area contributed by atoms with Crippen LogP contribution in [0.3, 0.4) is 0 Å². The van der Waals surface area contributed by atoms with Crippen molar-refractivity contribution in [1.29, 1.82) is 0 Å². The fraction of sp³-hybridized carbons (Fsp3) is 0.692. The molecule has 0 amide bonds. The first kappa shape index (κ1) is 70.1. The van der Waals surface area contributed by atoms with Crippen molar-refractivity contribution < 1.29 is 33.3 Å². The Labute approximate surface area is 584 Å². The van der Waals surface area contributed by atoms with Crippen LogP contribution in [0.2, 0.25) is 0 Å². The number of hydrogen-bond donors (Lipinski definition) is 0. The third-order valence-electron chi connectivity index (χ3n) is 25.4. The minimum Gasteiger partial charge on any atom is -0.493 e. The van der Waals surface area contributed by atoms with E-state index in [1.54, 1.807) is 65.1 Å². The van der Waals surface area contributed by atoms with Crippen molar-refractivity contribution in [3.05, 3.63) is 99.6 Å². The first-order valence-corrected chi connectivity index (χ1v) is 41.6. The highest BCUT2D eigenvalue weighted by atomic mass is 32.2. The lowest BCUT2D eigenvalue weighted by atomic mass is 9.47. The number of allylic oxidation sites excluding steroid dienone is 2. The second-order valence-electron chi connectivity index (χ2n) is 31.6. The van der Waals surface area contributed by atoms with Gasteiger partial charge in [-0.3, -0.25) is 0 Å². The van der Waals surface area contributed by atoms with Gasteiger partial charge in [-0.15, -0.1) is 23.5 Å². The standard InChI is InChI=1S/C78H108N2O7S6/c1-49(2)13-11-15-51(5)63-29-31-65-61-27-17-53-45-59(33-37-75(53,7)67(61)35-39-77(63,65)9)86-73(81)84-42-44-89-70-48-91-72(93-70)71-90-47-69(92-71)88-43-41-83-57-23-19-55(20-24-57)79-80-56-21-25-58(26-22-56)85-74(82)87-60-34-38-76(8)54(46-60)18-28-62-66-32-30-64(52(6)16-12-14-50(3)4)78(66,10)40-36-68(62)76/h17-26,47-52,59-68H,11-16,27-46H2,1-10H3/b72-71-,80-79?/t51-,52-,59+,60+,61+,62+,63-,64-,65+,66+,67+,68+,75+,76+,77-,78-/m1/s1. The van der Waals surface area contributed by atoms with E-state index in [1.165, 1.54) is 125 Å². The lowest BCUT2D eigenvalue weighted by molar-refractivity contribution is -0.0614. The van der Waals surface area contributed by atoms with Gasteiger partial charge in [0, 0.05) is 24.3 Å². The zero-order valence-electron chi connectivity index (χ0n) is 57.6. The quantitative estimate of drug-likeness (QED) is 0.0328. The molecule has 0 saturated heterocycles. The number of carbonyl (C=O) groups excluding carboxylic acids is 2. The molecule has 2 aromatic carbocycles. The van der Waals surface area contributed by atoms with E-state index in [4.69, 9.17) is 23.7 Å². The van der Waals surface area contributed by atoms with Crippen molar-refractivity contribution >= 4 is 94.3 Å². The van der Waals surface area contributed by atoms with Crippen LogP contribution in [0, 0.1) is 92.7 Å². The summed E-state index contributed by atoms with van der Waals surface area (Å²) in [6, 6.07) is 14.7. The highest BCUT2D eigenvalue weighted by Gasteiger charge is 2.61. The van der Waals surface area contributed by atoms with E-state index < -0.39 is 12.3 Å². The lowest BCUT2D eigenvalue weighted by Gasteiger charge is -2.58. The summed E-state index contributed by atoms with van der Waals surface area (Å²) in [6.07, 6.45) is 31.2. The smallest absolute Gasteiger partial charge is 0.493 e. The van der Waals surface area contributed by atoms with Crippen molar-refractivity contribution in [3.8, 4) is 11.5 Å². The van der Waals surface area contributed by atoms with Crippen molar-refractivity contribution in [3.63, 3.8) is 0 Å². The molecule has 0 unspecified atom stereocenters. The molecular formula is C78H108N2O7S6. The maximum absolute atomic E-state index is 13.1. The van der Waals surface area contributed by atoms with Gasteiger partial charge in [0.1, 0.15) is 30.3 Å². The van der Waals surface area contributed by atoms with Crippen LogP contribution in [0.15, 0.2) is 110 Å². The number of azo groups is 1. The Morgan fingerprint density at radius 2 is 1.00 bits per heavy atom. The van der Waals surface area contributed by atoms with Crippen LogP contribution in [0.1, 0.15) is 210 Å². The van der Waals surface area contributed by atoms with Gasteiger partial charge in [-0.25, -0.2) is 9.59 Å². The van der Waals surface area contributed by atoms with Gasteiger partial charge in [-0.1, -0.05) is 178 Å². The summed E-state index contributed by atoms with van der Waals surface area (Å²) in [4.78, 5) is 26.2. The zero-order chi connectivity index (χ0) is 65.1. The second kappa shape index (κ2) is 30.7. The molecule has 2 heterocycles. The molecule has 16 atom stereocenters. The maximum Gasteiger partial charge on any atom is 0.514 e. The molecule has 0 N–H and O–H groups in total. The molecule has 0 aromatic heterocycles. The van der Waals surface area contributed by atoms with Gasteiger partial charge in [-0.05, 0) is 242 Å². The van der Waals surface area contributed by atoms with Crippen LogP contribution >= 0.6 is 70.6 Å². The Balaban J connectivity index is 0.503. The summed E-state index contributed by atoms with van der Waals surface area (Å²) >= 11 is 10.8. The van der Waals surface area contributed by atoms with E-state index in [2.05, 4.69) is 102 Å². The average Bonchev–Trinajstić information content (AvgIpc) is 1.71. The van der Waals surface area contributed by atoms with E-state index >= 15 is 0 Å². The van der Waals surface area contributed by atoms with E-state index in [-0.39, 0.29) is 23.0 Å². The van der Waals surface area contributed by atoms with Crippen LogP contribution in [0.25, 0.3) is 0 Å². The van der Waals surface area contributed by atoms with Gasteiger partial charge in [0.25, 0.3) is 0 Å². The highest BCUT2D eigenvalue weighted by molar-refractivity contribution is 8.40. The van der Waals surface area contributed by atoms with Crippen molar-refractivity contribution in [2.24, 2.45) is 103 Å². The summed E-state index contributed by atoms with van der Waals surface area (Å²) < 4.78 is 34.6. The molecule has 15 heteroatoms. The number of hydrogen-bond acceptors (Lipinski definition) is 15. The lowest BCUT2D eigenvalue weighted by Crippen LogP contribution is -2.51. The van der Waals surface area contributed by atoms with Gasteiger partial charge in [0.05, 0.1) is 34.9 Å². The van der Waals surface area contributed by atoms with E-state index in [0.717, 1.165) is 121 Å². The Morgan fingerprint density at radius 3 is 1.48 bits per heavy atom. The van der Waals surface area contributed by atoms with E-state index in [1.807, 2.05) is 59.6 Å². The van der Waals surface area contributed by atoms with Crippen molar-refractivity contribution in [2.45, 2.75) is 223 Å². The van der Waals surface area contributed by atoms with Gasteiger partial charge < -0.3 is 23.7 Å². The topological polar surface area (TPSA) is 105 Å². The second-order valence-corrected chi connectivity index (χ2v) is 38.8. The third-order valence-corrected chi connectivity index (χ3v) is 33.3. The maximum atomic E-state index is 13.1. The molecule has 508 valence electrons. The predicted octanol–water partition coefficient (Wildman–Crippen LogP) is 25.1. The largest absolute Gasteiger partial charge is 0.514 e. The molecule has 9 nitrogen and oxygen atoms in total. The Bertz CT molecular complexity index is 3140. The summed E-state index contributed by atoms with van der Waals surface area (Å²) in [5.41, 5.74) is 5.85. The van der Waals surface area contributed by atoms with E-state index in [9.17, 15) is 9.59 Å². The number of carbonyl (C=O) groups is 2. The SMILES string of the molecule is CC(C)CCC[C@@H](C)[C@H]1CC[C@H]2[C@@H]3CC=C4C[C@@H](OC(=O)OCCSC5=CS/C(=C6\SC=C(SCCOc7ccc(N=Nc8ccc(OC(=O)O[C@H]9CC[C@@]%10(C)C(=CC[C@H]%11[C@@H]%12CC[C@H]([C@H](C)CCCC(C)C)[C@@]%12(C)CC[C@@H]%11%10)C9)cc8)cc7)S6)S5)CC[C@]4(C)[C@H]3CC[C@]12C. The Kier molecular flexibility index (Phi) is 23.2. The summed E-state index contributed by atoms with van der Waals surface area (Å²) in [6.45, 7) is 26.0. The predicted molar refractivity (Wildman–Crippen MR) is 394 cm³/mol. The zero-order valence-corrected chi connectivity index (χ0v) is 62.5. The Morgan fingerprint density at radius 1 is 0.538 bits per heavy atom. The number of ether oxygens (including phenoxy) is 5. The molecule has 0 spiro atoms. The minimum absolute atomic E-state index is 0.0913. The van der Waals surface area contributed by atoms with Crippen LogP contribution in [0.4, 0.5) is 21.0 Å². The Hall–Kier alpha value is -2.82. The van der Waals surface area contributed by atoms with Gasteiger partial charge >= 0.3 is 12.3 Å². The van der Waals surface area contributed by atoms with Gasteiger partial charge in [0.2, 0.25) is 0 Å². The fourth-order valence-corrected chi connectivity index (χ4v) is 28.0. The van der Waals surface area contributed by atoms with Crippen LogP contribution < -0.4 is 9.47 Å². The molecular weight excluding hydrogens is 1270 g/mol. The molecule has 0 radical (unpaired) electrons. The molecule has 8 aliphatic carbocycles. The van der Waals surface area contributed by atoms with Crippen LogP contribution in [-0.2, 0) is 14.2 Å². The number of thioether (sulfide) groups is 6. The fourth-order valence-electron chi connectivity index (χ4n) is 20.6. The normalized spacial score (nSPS) is 35.1. The molecule has 0 bridgehead atoms. The monoisotopic (exact) mass is 1380 g/mol. The number of benzene rings is 2. The van der Waals surface area contributed by atoms with Crippen LogP contribution in [0.5, 0.6) is 11.5 Å². The average molecular weight is 1380 g/mol. The molecule has 12 rings (SSSR count). The van der Waals surface area contributed by atoms with Gasteiger partial charge in [-0.2, -0.15) is 10.2 Å².